The third kappa shape index (κ3) is 3.41. The molecular weight excluding hydrogens is 358 g/mol. The van der Waals surface area contributed by atoms with Crippen molar-refractivity contribution in [2.24, 2.45) is 0 Å². The van der Waals surface area contributed by atoms with E-state index in [1.54, 1.807) is 37.0 Å². The highest BCUT2D eigenvalue weighted by molar-refractivity contribution is 6.31. The fourth-order valence-corrected chi connectivity index (χ4v) is 2.91. The zero-order valence-corrected chi connectivity index (χ0v) is 14.1. The molecule has 0 amide bonds. The summed E-state index contributed by atoms with van der Waals surface area (Å²) in [6.45, 7) is 0. The number of aromatic nitrogens is 4. The second-order valence-electron chi connectivity index (χ2n) is 5.81. The van der Waals surface area contributed by atoms with Crippen LogP contribution in [0.15, 0.2) is 49.1 Å². The summed E-state index contributed by atoms with van der Waals surface area (Å²) in [4.78, 5) is 14.9. The van der Waals surface area contributed by atoms with Crippen LogP contribution in [0.3, 0.4) is 0 Å². The van der Waals surface area contributed by atoms with Crippen LogP contribution in [0, 0.1) is 18.2 Å². The lowest BCUT2D eigenvalue weighted by molar-refractivity contribution is 0.567. The summed E-state index contributed by atoms with van der Waals surface area (Å²) in [5, 5.41) is 1.36. The molecule has 0 bridgehead atoms. The Kier molecular flexibility index (Phi) is 4.34. The summed E-state index contributed by atoms with van der Waals surface area (Å²) in [6, 6.07) is 6.45. The molecule has 1 N–H and O–H groups in total. The molecule has 4 nitrogen and oxygen atoms in total. The highest BCUT2D eigenvalue weighted by atomic mass is 35.5. The van der Waals surface area contributed by atoms with Gasteiger partial charge < -0.3 is 4.98 Å². The number of hydrogen-bond donors (Lipinski definition) is 1. The van der Waals surface area contributed by atoms with Crippen molar-refractivity contribution in [3.63, 3.8) is 0 Å². The molecule has 0 aromatic carbocycles. The third-order valence-corrected chi connectivity index (χ3v) is 4.16. The van der Waals surface area contributed by atoms with E-state index >= 15 is 0 Å². The molecule has 4 heterocycles. The van der Waals surface area contributed by atoms with Gasteiger partial charge in [-0.25, -0.2) is 14.4 Å². The minimum atomic E-state index is -0.576. The second-order valence-corrected chi connectivity index (χ2v) is 6.24. The standard InChI is InChI=1S/C19H12ClF2N4/c20-14-6-17-13(8-24-19(17)25-9-14)5-12-1-2-16(26-18(12)22)4-11-3-15(21)10-23-7-11/h1-4,6-10H,5H2,(H,24,25). The average Bonchev–Trinajstić information content (AvgIpc) is 2.99. The molecule has 0 fully saturated rings. The lowest BCUT2D eigenvalue weighted by atomic mass is 10.1. The van der Waals surface area contributed by atoms with Crippen LogP contribution >= 0.6 is 11.6 Å². The van der Waals surface area contributed by atoms with Crippen molar-refractivity contribution in [3.05, 3.63) is 94.6 Å². The Morgan fingerprint density at radius 2 is 1.96 bits per heavy atom. The van der Waals surface area contributed by atoms with Crippen LogP contribution in [-0.2, 0) is 6.42 Å². The van der Waals surface area contributed by atoms with E-state index in [2.05, 4.69) is 19.9 Å². The van der Waals surface area contributed by atoms with Gasteiger partial charge in [-0.3, -0.25) is 4.98 Å². The first kappa shape index (κ1) is 16.6. The van der Waals surface area contributed by atoms with E-state index in [0.29, 0.717) is 33.9 Å². The zero-order chi connectivity index (χ0) is 18.1. The van der Waals surface area contributed by atoms with Crippen molar-refractivity contribution in [2.75, 3.05) is 0 Å². The number of aromatic amines is 1. The Hall–Kier alpha value is -2.86. The predicted octanol–water partition coefficient (Wildman–Crippen LogP) is 4.48. The van der Waals surface area contributed by atoms with E-state index in [0.717, 1.165) is 17.1 Å². The van der Waals surface area contributed by atoms with Gasteiger partial charge >= 0.3 is 0 Å². The largest absolute Gasteiger partial charge is 0.346 e. The molecule has 0 aliphatic carbocycles. The van der Waals surface area contributed by atoms with Gasteiger partial charge in [0, 0.05) is 42.4 Å². The van der Waals surface area contributed by atoms with Gasteiger partial charge in [-0.1, -0.05) is 17.7 Å². The monoisotopic (exact) mass is 369 g/mol. The van der Waals surface area contributed by atoms with Crippen LogP contribution in [0.4, 0.5) is 8.78 Å². The van der Waals surface area contributed by atoms with Crippen LogP contribution in [0.1, 0.15) is 22.4 Å². The van der Waals surface area contributed by atoms with Gasteiger partial charge in [-0.05, 0) is 29.3 Å². The van der Waals surface area contributed by atoms with Gasteiger partial charge in [0.05, 0.1) is 16.9 Å². The van der Waals surface area contributed by atoms with E-state index in [1.807, 2.05) is 0 Å². The van der Waals surface area contributed by atoms with Crippen LogP contribution in [-0.4, -0.2) is 19.9 Å². The topological polar surface area (TPSA) is 54.5 Å². The average molecular weight is 370 g/mol. The van der Waals surface area contributed by atoms with Crippen molar-refractivity contribution in [1.82, 2.24) is 19.9 Å². The summed E-state index contributed by atoms with van der Waals surface area (Å²) in [7, 11) is 0. The Bertz CT molecular complexity index is 1090. The first-order valence-electron chi connectivity index (χ1n) is 7.81. The Balaban J connectivity index is 1.58. The van der Waals surface area contributed by atoms with E-state index in [-0.39, 0.29) is 0 Å². The Labute approximate surface area is 152 Å². The molecule has 0 spiro atoms. The van der Waals surface area contributed by atoms with Gasteiger partial charge in [0.2, 0.25) is 5.95 Å². The zero-order valence-electron chi connectivity index (χ0n) is 13.4. The summed E-state index contributed by atoms with van der Waals surface area (Å²) in [5.74, 6) is -1.03. The normalized spacial score (nSPS) is 11.2. The maximum Gasteiger partial charge on any atom is 0.216 e. The van der Waals surface area contributed by atoms with Gasteiger partial charge in [-0.15, -0.1) is 0 Å². The van der Waals surface area contributed by atoms with Crippen molar-refractivity contribution < 1.29 is 8.78 Å². The lowest BCUT2D eigenvalue weighted by Crippen LogP contribution is -1.99. The fourth-order valence-electron chi connectivity index (χ4n) is 2.75. The first-order chi connectivity index (χ1) is 12.6. The molecule has 0 unspecified atom stereocenters. The minimum absolute atomic E-state index is 0.350. The molecular formula is C19H12ClF2N4. The number of pyridine rings is 3. The van der Waals surface area contributed by atoms with E-state index in [4.69, 9.17) is 11.6 Å². The first-order valence-corrected chi connectivity index (χ1v) is 8.18. The van der Waals surface area contributed by atoms with Gasteiger partial charge in [0.15, 0.2) is 0 Å². The Morgan fingerprint density at radius 3 is 2.77 bits per heavy atom. The smallest absolute Gasteiger partial charge is 0.216 e. The van der Waals surface area contributed by atoms with Crippen molar-refractivity contribution >= 4 is 22.6 Å². The van der Waals surface area contributed by atoms with Crippen LogP contribution in [0.25, 0.3) is 11.0 Å². The molecule has 26 heavy (non-hydrogen) atoms. The summed E-state index contributed by atoms with van der Waals surface area (Å²) >= 11 is 5.99. The number of fused-ring (bicyclic) bond motifs is 1. The lowest BCUT2D eigenvalue weighted by Gasteiger charge is -2.05. The molecule has 129 valence electrons. The molecule has 4 aromatic rings. The minimum Gasteiger partial charge on any atom is -0.346 e. The highest BCUT2D eigenvalue weighted by Crippen LogP contribution is 2.23. The predicted molar refractivity (Wildman–Crippen MR) is 94.8 cm³/mol. The van der Waals surface area contributed by atoms with Crippen LogP contribution in [0.2, 0.25) is 5.02 Å². The van der Waals surface area contributed by atoms with Gasteiger partial charge in [0.25, 0.3) is 0 Å². The van der Waals surface area contributed by atoms with Crippen LogP contribution < -0.4 is 0 Å². The number of halogens is 3. The van der Waals surface area contributed by atoms with Crippen LogP contribution in [0.5, 0.6) is 0 Å². The van der Waals surface area contributed by atoms with E-state index < -0.39 is 11.8 Å². The molecule has 0 saturated heterocycles. The van der Waals surface area contributed by atoms with Crippen molar-refractivity contribution in [2.45, 2.75) is 6.42 Å². The molecule has 0 saturated carbocycles. The van der Waals surface area contributed by atoms with Crippen molar-refractivity contribution in [3.8, 4) is 0 Å². The molecule has 7 heteroatoms. The molecule has 1 radical (unpaired) electrons. The quantitative estimate of drug-likeness (QED) is 0.540. The van der Waals surface area contributed by atoms with Crippen molar-refractivity contribution in [1.29, 1.82) is 0 Å². The third-order valence-electron chi connectivity index (χ3n) is 3.95. The molecule has 0 aliphatic rings. The summed E-state index contributed by atoms with van der Waals surface area (Å²) < 4.78 is 27.6. The Morgan fingerprint density at radius 1 is 1.08 bits per heavy atom. The summed E-state index contributed by atoms with van der Waals surface area (Å²) in [6.07, 6.45) is 7.85. The van der Waals surface area contributed by atoms with E-state index in [9.17, 15) is 8.78 Å². The van der Waals surface area contributed by atoms with E-state index in [1.165, 1.54) is 12.3 Å². The SMILES string of the molecule is Fc1cncc([CH]c2ccc(Cc3c[nH]c4ncc(Cl)cc34)c(F)n2)c1. The number of hydrogen-bond acceptors (Lipinski definition) is 3. The molecule has 0 aliphatic heterocycles. The maximum atomic E-state index is 14.4. The second kappa shape index (κ2) is 6.80. The summed E-state index contributed by atoms with van der Waals surface area (Å²) in [5.41, 5.74) is 2.92. The number of nitrogens with one attached hydrogen (secondary N) is 1. The van der Waals surface area contributed by atoms with Gasteiger partial charge in [-0.2, -0.15) is 4.39 Å². The fraction of sp³-hybridized carbons (Fsp3) is 0.0526. The maximum absolute atomic E-state index is 14.4. The number of rotatable bonds is 4. The number of nitrogens with zero attached hydrogens (tertiary/aromatic N) is 3. The van der Waals surface area contributed by atoms with Gasteiger partial charge in [0.1, 0.15) is 11.5 Å². The highest BCUT2D eigenvalue weighted by Gasteiger charge is 2.11. The number of H-pyrrole nitrogens is 1. The molecule has 4 rings (SSSR count). The molecule has 4 aromatic heterocycles. The molecule has 0 atom stereocenters.